The van der Waals surface area contributed by atoms with Crippen LogP contribution in [0, 0.1) is 5.92 Å². The van der Waals surface area contributed by atoms with Crippen molar-refractivity contribution < 1.29 is 9.53 Å². The van der Waals surface area contributed by atoms with Crippen molar-refractivity contribution in [3.8, 4) is 0 Å². The van der Waals surface area contributed by atoms with Gasteiger partial charge in [-0.05, 0) is 24.5 Å². The van der Waals surface area contributed by atoms with Crippen LogP contribution in [0.5, 0.6) is 0 Å². The first-order valence-electron chi connectivity index (χ1n) is 10.3. The summed E-state index contributed by atoms with van der Waals surface area (Å²) in [6, 6.07) is 7.47. The minimum atomic E-state index is -0.176. The van der Waals surface area contributed by atoms with Gasteiger partial charge in [0.15, 0.2) is 5.96 Å². The van der Waals surface area contributed by atoms with E-state index in [0.29, 0.717) is 35.6 Å². The lowest BCUT2D eigenvalue weighted by Gasteiger charge is -2.35. The normalized spacial score (nSPS) is 16.5. The lowest BCUT2D eigenvalue weighted by Crippen LogP contribution is -2.51. The molecule has 0 aliphatic carbocycles. The van der Waals surface area contributed by atoms with Crippen LogP contribution in [-0.2, 0) is 4.74 Å². The van der Waals surface area contributed by atoms with Crippen molar-refractivity contribution in [2.24, 2.45) is 10.9 Å². The summed E-state index contributed by atoms with van der Waals surface area (Å²) < 4.78 is 5.48. The molecule has 0 bridgehead atoms. The van der Waals surface area contributed by atoms with Crippen LogP contribution in [0.4, 0.5) is 0 Å². The van der Waals surface area contributed by atoms with Crippen LogP contribution in [0.15, 0.2) is 29.3 Å². The van der Waals surface area contributed by atoms with Gasteiger partial charge in [-0.25, -0.2) is 0 Å². The Kier molecular flexibility index (Phi) is 10.2. The summed E-state index contributed by atoms with van der Waals surface area (Å²) in [5.74, 6) is 1.18. The molecule has 1 aliphatic heterocycles. The van der Waals surface area contributed by atoms with E-state index in [9.17, 15) is 4.79 Å². The number of ether oxygens (including phenoxy) is 1. The van der Waals surface area contributed by atoms with E-state index in [-0.39, 0.29) is 5.91 Å². The maximum Gasteiger partial charge on any atom is 0.252 e. The largest absolute Gasteiger partial charge is 0.379 e. The monoisotopic (exact) mass is 423 g/mol. The summed E-state index contributed by atoms with van der Waals surface area (Å²) in [5.41, 5.74) is 0.485. The van der Waals surface area contributed by atoms with Gasteiger partial charge in [-0.2, -0.15) is 0 Å². The fraction of sp³-hybridized carbons (Fsp3) is 0.619. The summed E-state index contributed by atoms with van der Waals surface area (Å²) in [6.45, 7) is 9.91. The third-order valence-electron chi connectivity index (χ3n) is 4.86. The first-order valence-corrected chi connectivity index (χ1v) is 10.7. The van der Waals surface area contributed by atoms with Crippen LogP contribution >= 0.6 is 11.6 Å². The molecule has 1 aliphatic rings. The number of nitrogens with one attached hydrogen (secondary N) is 3. The molecular weight excluding hydrogens is 390 g/mol. The van der Waals surface area contributed by atoms with Gasteiger partial charge in [0.25, 0.3) is 5.91 Å². The van der Waals surface area contributed by atoms with Gasteiger partial charge in [0.1, 0.15) is 0 Å². The highest BCUT2D eigenvalue weighted by Crippen LogP contribution is 2.14. The number of aliphatic imine (C=N–C) groups is 1. The third kappa shape index (κ3) is 8.20. The van der Waals surface area contributed by atoms with Crippen molar-refractivity contribution in [2.75, 3.05) is 53.0 Å². The van der Waals surface area contributed by atoms with Crippen LogP contribution in [0.1, 0.15) is 30.6 Å². The second-order valence-electron chi connectivity index (χ2n) is 7.55. The van der Waals surface area contributed by atoms with Gasteiger partial charge in [-0.15, -0.1) is 0 Å². The van der Waals surface area contributed by atoms with E-state index in [2.05, 4.69) is 39.7 Å². The number of carbonyl (C=O) groups excluding carboxylic acids is 1. The van der Waals surface area contributed by atoms with E-state index in [4.69, 9.17) is 16.3 Å². The molecule has 29 heavy (non-hydrogen) atoms. The Hall–Kier alpha value is -1.83. The number of carbonyl (C=O) groups is 1. The molecule has 0 saturated carbocycles. The summed E-state index contributed by atoms with van der Waals surface area (Å²) in [5, 5.41) is 10.00. The van der Waals surface area contributed by atoms with Gasteiger partial charge >= 0.3 is 0 Å². The van der Waals surface area contributed by atoms with Gasteiger partial charge in [0.2, 0.25) is 0 Å². The molecule has 1 amide bonds. The van der Waals surface area contributed by atoms with Crippen molar-refractivity contribution in [1.82, 2.24) is 20.9 Å². The number of hydrogen-bond acceptors (Lipinski definition) is 4. The predicted octanol–water partition coefficient (Wildman–Crippen LogP) is 1.98. The molecule has 162 valence electrons. The average molecular weight is 424 g/mol. The van der Waals surface area contributed by atoms with E-state index in [1.807, 2.05) is 0 Å². The zero-order chi connectivity index (χ0) is 21.1. The molecule has 1 heterocycles. The van der Waals surface area contributed by atoms with Crippen molar-refractivity contribution in [1.29, 1.82) is 0 Å². The number of benzene rings is 1. The number of hydrogen-bond donors (Lipinski definition) is 3. The zero-order valence-electron chi connectivity index (χ0n) is 17.7. The fourth-order valence-corrected chi connectivity index (χ4v) is 3.60. The highest BCUT2D eigenvalue weighted by atomic mass is 35.5. The first-order chi connectivity index (χ1) is 14.0. The van der Waals surface area contributed by atoms with Gasteiger partial charge in [0, 0.05) is 45.8 Å². The predicted molar refractivity (Wildman–Crippen MR) is 119 cm³/mol. The molecule has 3 N–H and O–H groups in total. The molecule has 0 aromatic heterocycles. The number of halogens is 1. The van der Waals surface area contributed by atoms with E-state index in [1.165, 1.54) is 0 Å². The van der Waals surface area contributed by atoms with Crippen LogP contribution in [0.3, 0.4) is 0 Å². The lowest BCUT2D eigenvalue weighted by atomic mass is 10.0. The SMILES string of the molecule is CN=C(NCCNC(=O)c1ccccc1Cl)NCC(CC(C)C)N1CCOCC1. The molecule has 7 nitrogen and oxygen atoms in total. The Morgan fingerprint density at radius 1 is 1.17 bits per heavy atom. The standard InChI is InChI=1S/C21H34ClN5O2/c1-16(2)14-17(27-10-12-29-13-11-27)15-26-21(23-3)25-9-8-24-20(28)18-6-4-5-7-19(18)22/h4-7,16-17H,8-15H2,1-3H3,(H,24,28)(H2,23,25,26). The van der Waals surface area contributed by atoms with E-state index in [1.54, 1.807) is 31.3 Å². The van der Waals surface area contributed by atoms with E-state index in [0.717, 1.165) is 45.2 Å². The maximum absolute atomic E-state index is 12.2. The third-order valence-corrected chi connectivity index (χ3v) is 5.19. The van der Waals surface area contributed by atoms with Crippen molar-refractivity contribution in [2.45, 2.75) is 26.3 Å². The van der Waals surface area contributed by atoms with Gasteiger partial charge in [-0.1, -0.05) is 37.6 Å². The molecule has 0 spiro atoms. The molecule has 8 heteroatoms. The summed E-state index contributed by atoms with van der Waals surface area (Å²) >= 11 is 6.06. The molecule has 2 rings (SSSR count). The summed E-state index contributed by atoms with van der Waals surface area (Å²) in [7, 11) is 1.75. The second-order valence-corrected chi connectivity index (χ2v) is 7.95. The van der Waals surface area contributed by atoms with Gasteiger partial charge in [0.05, 0.1) is 23.8 Å². The van der Waals surface area contributed by atoms with Gasteiger partial charge < -0.3 is 20.7 Å². The molecule has 1 atom stereocenters. The van der Waals surface area contributed by atoms with Crippen molar-refractivity contribution in [3.05, 3.63) is 34.9 Å². The van der Waals surface area contributed by atoms with Crippen LogP contribution in [0.25, 0.3) is 0 Å². The number of amides is 1. The van der Waals surface area contributed by atoms with Crippen LogP contribution < -0.4 is 16.0 Å². The Bertz CT molecular complexity index is 662. The maximum atomic E-state index is 12.2. The Balaban J connectivity index is 1.74. The number of guanidine groups is 1. The lowest BCUT2D eigenvalue weighted by molar-refractivity contribution is 0.0132. The van der Waals surface area contributed by atoms with Crippen LogP contribution in [-0.4, -0.2) is 75.8 Å². The summed E-state index contributed by atoms with van der Waals surface area (Å²) in [4.78, 5) is 19.0. The molecule has 0 radical (unpaired) electrons. The number of rotatable bonds is 9. The Morgan fingerprint density at radius 3 is 2.52 bits per heavy atom. The minimum Gasteiger partial charge on any atom is -0.379 e. The van der Waals surface area contributed by atoms with E-state index < -0.39 is 0 Å². The molecule has 1 saturated heterocycles. The fourth-order valence-electron chi connectivity index (χ4n) is 3.38. The van der Waals surface area contributed by atoms with Gasteiger partial charge in [-0.3, -0.25) is 14.7 Å². The van der Waals surface area contributed by atoms with E-state index >= 15 is 0 Å². The second kappa shape index (κ2) is 12.7. The van der Waals surface area contributed by atoms with Crippen molar-refractivity contribution in [3.63, 3.8) is 0 Å². The number of nitrogens with zero attached hydrogens (tertiary/aromatic N) is 2. The van der Waals surface area contributed by atoms with Crippen LogP contribution in [0.2, 0.25) is 5.02 Å². The minimum absolute atomic E-state index is 0.176. The molecule has 1 aromatic rings. The Morgan fingerprint density at radius 2 is 1.86 bits per heavy atom. The average Bonchev–Trinajstić information content (AvgIpc) is 2.72. The molecule has 1 unspecified atom stereocenters. The topological polar surface area (TPSA) is 78.0 Å². The summed E-state index contributed by atoms with van der Waals surface area (Å²) in [6.07, 6.45) is 1.12. The first kappa shape index (κ1) is 23.4. The molecule has 1 fully saturated rings. The number of morpholine rings is 1. The molecular formula is C21H34ClN5O2. The Labute approximate surface area is 179 Å². The zero-order valence-corrected chi connectivity index (χ0v) is 18.5. The highest BCUT2D eigenvalue weighted by Gasteiger charge is 2.22. The quantitative estimate of drug-likeness (QED) is 0.321. The smallest absolute Gasteiger partial charge is 0.252 e. The highest BCUT2D eigenvalue weighted by molar-refractivity contribution is 6.33. The molecule has 1 aromatic carbocycles. The van der Waals surface area contributed by atoms with Crippen molar-refractivity contribution >= 4 is 23.5 Å².